The van der Waals surface area contributed by atoms with E-state index in [1.54, 1.807) is 18.2 Å². The summed E-state index contributed by atoms with van der Waals surface area (Å²) in [7, 11) is 0. The SMILES string of the molecule is O=C(NCC1(CN2CCCC2)CCOCC1)c1cc(-c2ccc(F)cc2)on1. The summed E-state index contributed by atoms with van der Waals surface area (Å²) < 4.78 is 23.9. The van der Waals surface area contributed by atoms with Crippen molar-refractivity contribution < 1.29 is 18.4 Å². The van der Waals surface area contributed by atoms with Gasteiger partial charge >= 0.3 is 0 Å². The largest absolute Gasteiger partial charge is 0.381 e. The average molecular weight is 387 g/mol. The van der Waals surface area contributed by atoms with E-state index < -0.39 is 0 Å². The molecule has 2 aliphatic heterocycles. The lowest BCUT2D eigenvalue weighted by Crippen LogP contribution is -2.48. The van der Waals surface area contributed by atoms with Crippen LogP contribution in [0.15, 0.2) is 34.9 Å². The van der Waals surface area contributed by atoms with Gasteiger partial charge in [0.25, 0.3) is 5.91 Å². The summed E-state index contributed by atoms with van der Waals surface area (Å²) in [6.45, 7) is 5.35. The summed E-state index contributed by atoms with van der Waals surface area (Å²) in [5.41, 5.74) is 0.965. The van der Waals surface area contributed by atoms with E-state index >= 15 is 0 Å². The van der Waals surface area contributed by atoms with Crippen LogP contribution in [0.25, 0.3) is 11.3 Å². The lowest BCUT2D eigenvalue weighted by Gasteiger charge is -2.40. The molecular weight excluding hydrogens is 361 g/mol. The molecule has 0 spiro atoms. The molecule has 1 amide bonds. The molecule has 0 aliphatic carbocycles. The van der Waals surface area contributed by atoms with Gasteiger partial charge in [-0.2, -0.15) is 0 Å². The second-order valence-corrected chi connectivity index (χ2v) is 7.86. The quantitative estimate of drug-likeness (QED) is 0.825. The third-order valence-electron chi connectivity index (χ3n) is 5.81. The predicted molar refractivity (Wildman–Crippen MR) is 102 cm³/mol. The van der Waals surface area contributed by atoms with Crippen LogP contribution >= 0.6 is 0 Å². The molecule has 150 valence electrons. The van der Waals surface area contributed by atoms with E-state index in [0.29, 0.717) is 17.9 Å². The van der Waals surface area contributed by atoms with Crippen molar-refractivity contribution in [2.75, 3.05) is 39.4 Å². The van der Waals surface area contributed by atoms with Gasteiger partial charge in [-0.25, -0.2) is 4.39 Å². The standard InChI is InChI=1S/C21H26FN3O3/c22-17-5-3-16(4-6-17)19-13-18(24-28-19)20(26)23-14-21(7-11-27-12-8-21)15-25-9-1-2-10-25/h3-6,13H,1-2,7-12,14-15H2,(H,23,26). The van der Waals surface area contributed by atoms with Crippen molar-refractivity contribution in [2.24, 2.45) is 5.41 Å². The molecule has 3 heterocycles. The molecule has 2 saturated heterocycles. The van der Waals surface area contributed by atoms with Gasteiger partial charge in [-0.05, 0) is 63.0 Å². The van der Waals surface area contributed by atoms with E-state index in [-0.39, 0.29) is 22.8 Å². The third-order valence-corrected chi connectivity index (χ3v) is 5.81. The van der Waals surface area contributed by atoms with Crippen LogP contribution in [0.4, 0.5) is 4.39 Å². The molecule has 4 rings (SSSR count). The van der Waals surface area contributed by atoms with Gasteiger partial charge < -0.3 is 19.5 Å². The molecule has 0 atom stereocenters. The Morgan fingerprint density at radius 3 is 2.61 bits per heavy atom. The zero-order chi connectivity index (χ0) is 19.4. The number of amides is 1. The Labute approximate surface area is 164 Å². The molecule has 2 fully saturated rings. The minimum Gasteiger partial charge on any atom is -0.381 e. The molecule has 2 aromatic rings. The second-order valence-electron chi connectivity index (χ2n) is 7.86. The van der Waals surface area contributed by atoms with Crippen LogP contribution in [0.2, 0.25) is 0 Å². The fourth-order valence-corrected chi connectivity index (χ4v) is 4.10. The van der Waals surface area contributed by atoms with Crippen molar-refractivity contribution in [3.63, 3.8) is 0 Å². The minimum absolute atomic E-state index is 0.0434. The maximum Gasteiger partial charge on any atom is 0.273 e. The van der Waals surface area contributed by atoms with Gasteiger partial charge in [0.2, 0.25) is 0 Å². The summed E-state index contributed by atoms with van der Waals surface area (Å²) in [5, 5.41) is 6.94. The van der Waals surface area contributed by atoms with Crippen molar-refractivity contribution in [3.05, 3.63) is 41.8 Å². The number of carbonyl (C=O) groups is 1. The molecule has 7 heteroatoms. The van der Waals surface area contributed by atoms with Gasteiger partial charge in [0.15, 0.2) is 11.5 Å². The number of likely N-dealkylation sites (tertiary alicyclic amines) is 1. The van der Waals surface area contributed by atoms with E-state index in [0.717, 1.165) is 45.7 Å². The highest BCUT2D eigenvalue weighted by Crippen LogP contribution is 2.32. The fraction of sp³-hybridized carbons (Fsp3) is 0.524. The number of hydrogen-bond acceptors (Lipinski definition) is 5. The zero-order valence-corrected chi connectivity index (χ0v) is 16.0. The highest BCUT2D eigenvalue weighted by Gasteiger charge is 2.35. The Morgan fingerprint density at radius 1 is 1.18 bits per heavy atom. The van der Waals surface area contributed by atoms with E-state index in [1.165, 1.54) is 25.0 Å². The Morgan fingerprint density at radius 2 is 1.89 bits per heavy atom. The number of carbonyl (C=O) groups excluding carboxylic acids is 1. The molecule has 0 unspecified atom stereocenters. The van der Waals surface area contributed by atoms with Crippen LogP contribution in [-0.4, -0.2) is 55.4 Å². The van der Waals surface area contributed by atoms with Gasteiger partial charge in [-0.1, -0.05) is 5.16 Å². The Bertz CT molecular complexity index is 793. The number of benzene rings is 1. The number of ether oxygens (including phenoxy) is 1. The van der Waals surface area contributed by atoms with Crippen LogP contribution < -0.4 is 5.32 Å². The molecule has 28 heavy (non-hydrogen) atoms. The molecule has 2 aliphatic rings. The van der Waals surface area contributed by atoms with Crippen LogP contribution in [0, 0.1) is 11.2 Å². The van der Waals surface area contributed by atoms with Gasteiger partial charge in [0, 0.05) is 43.3 Å². The second kappa shape index (κ2) is 8.41. The minimum atomic E-state index is -0.319. The topological polar surface area (TPSA) is 67.6 Å². The summed E-state index contributed by atoms with van der Waals surface area (Å²) in [6, 6.07) is 7.50. The maximum absolute atomic E-state index is 13.1. The average Bonchev–Trinajstić information content (AvgIpc) is 3.40. The number of hydrogen-bond donors (Lipinski definition) is 1. The highest BCUT2D eigenvalue weighted by atomic mass is 19.1. The van der Waals surface area contributed by atoms with Gasteiger partial charge in [-0.15, -0.1) is 0 Å². The third kappa shape index (κ3) is 4.42. The Hall–Kier alpha value is -2.25. The summed E-state index contributed by atoms with van der Waals surface area (Å²) in [4.78, 5) is 15.1. The molecule has 0 radical (unpaired) electrons. The van der Waals surface area contributed by atoms with Crippen LogP contribution in [0.3, 0.4) is 0 Å². The first-order chi connectivity index (χ1) is 13.6. The van der Waals surface area contributed by atoms with Crippen LogP contribution in [0.1, 0.15) is 36.2 Å². The molecule has 6 nitrogen and oxygen atoms in total. The lowest BCUT2D eigenvalue weighted by molar-refractivity contribution is -0.000670. The van der Waals surface area contributed by atoms with E-state index in [2.05, 4.69) is 15.4 Å². The van der Waals surface area contributed by atoms with E-state index in [1.807, 2.05) is 0 Å². The van der Waals surface area contributed by atoms with Gasteiger partial charge in [-0.3, -0.25) is 4.79 Å². The fourth-order valence-electron chi connectivity index (χ4n) is 4.10. The smallest absolute Gasteiger partial charge is 0.273 e. The van der Waals surface area contributed by atoms with Crippen LogP contribution in [0.5, 0.6) is 0 Å². The first-order valence-electron chi connectivity index (χ1n) is 9.95. The molecule has 0 bridgehead atoms. The van der Waals surface area contributed by atoms with Crippen molar-refractivity contribution >= 4 is 5.91 Å². The number of halogens is 1. The van der Waals surface area contributed by atoms with Crippen LogP contribution in [-0.2, 0) is 4.74 Å². The van der Waals surface area contributed by atoms with E-state index in [4.69, 9.17) is 9.26 Å². The first-order valence-corrected chi connectivity index (χ1v) is 9.95. The summed E-state index contributed by atoms with van der Waals surface area (Å²) in [5.74, 6) is -0.117. The van der Waals surface area contributed by atoms with Crippen molar-refractivity contribution in [1.29, 1.82) is 0 Å². The van der Waals surface area contributed by atoms with E-state index in [9.17, 15) is 9.18 Å². The number of aromatic nitrogens is 1. The molecule has 1 aromatic heterocycles. The Kier molecular flexibility index (Phi) is 5.73. The summed E-state index contributed by atoms with van der Waals surface area (Å²) in [6.07, 6.45) is 4.40. The molecule has 0 saturated carbocycles. The number of nitrogens with one attached hydrogen (secondary N) is 1. The number of rotatable bonds is 6. The molecule has 1 N–H and O–H groups in total. The lowest BCUT2D eigenvalue weighted by atomic mass is 9.79. The Balaban J connectivity index is 1.40. The maximum atomic E-state index is 13.1. The molecule has 1 aromatic carbocycles. The van der Waals surface area contributed by atoms with Crippen molar-refractivity contribution in [3.8, 4) is 11.3 Å². The van der Waals surface area contributed by atoms with Crippen molar-refractivity contribution in [1.82, 2.24) is 15.4 Å². The summed E-state index contributed by atoms with van der Waals surface area (Å²) >= 11 is 0. The normalized spacial score (nSPS) is 19.6. The van der Waals surface area contributed by atoms with Crippen molar-refractivity contribution in [2.45, 2.75) is 25.7 Å². The first kappa shape index (κ1) is 19.1. The highest BCUT2D eigenvalue weighted by molar-refractivity contribution is 5.93. The molecular formula is C21H26FN3O3. The zero-order valence-electron chi connectivity index (χ0n) is 16.0. The van der Waals surface area contributed by atoms with Gasteiger partial charge in [0.1, 0.15) is 5.82 Å². The predicted octanol–water partition coefficient (Wildman–Crippen LogP) is 3.10. The monoisotopic (exact) mass is 387 g/mol. The number of nitrogens with zero attached hydrogens (tertiary/aromatic N) is 2. The van der Waals surface area contributed by atoms with Gasteiger partial charge in [0.05, 0.1) is 0 Å².